The minimum atomic E-state index is -4.90. The predicted molar refractivity (Wildman–Crippen MR) is 89.1 cm³/mol. The maximum atomic E-state index is 11.3. The Morgan fingerprint density at radius 2 is 1.74 bits per heavy atom. The minimum Gasteiger partial charge on any atom is -0.459 e. The van der Waals surface area contributed by atoms with Crippen molar-refractivity contribution < 1.29 is 37.8 Å². The van der Waals surface area contributed by atoms with Gasteiger partial charge < -0.3 is 24.8 Å². The molecular weight excluding hydrogens is 406 g/mol. The molecule has 1 saturated heterocycles. The molecule has 11 nitrogen and oxygen atoms in total. The topological polar surface area (TPSA) is 172 Å². The number of rotatable bonds is 4. The maximum Gasteiger partial charge on any atom is 0.295 e. The summed E-state index contributed by atoms with van der Waals surface area (Å²) < 4.78 is 41.9. The van der Waals surface area contributed by atoms with Crippen LogP contribution >= 0.6 is 11.6 Å². The molecule has 1 unspecified atom stereocenters. The summed E-state index contributed by atoms with van der Waals surface area (Å²) in [5, 5.41) is 29.3. The van der Waals surface area contributed by atoms with Crippen LogP contribution in [0.4, 0.5) is 0 Å². The first-order valence-corrected chi connectivity index (χ1v) is 9.31. The number of aromatic nitrogens is 3. The number of ether oxygens (including phenoxy) is 2. The first kappa shape index (κ1) is 19.8. The van der Waals surface area contributed by atoms with Crippen LogP contribution in [0.2, 0.25) is 5.15 Å². The fourth-order valence-corrected chi connectivity index (χ4v) is 3.35. The molecule has 13 heteroatoms. The number of hydrogen-bond acceptors (Lipinski definition) is 10. The normalized spacial score (nSPS) is 28.7. The van der Waals surface area contributed by atoms with Crippen LogP contribution in [0.1, 0.15) is 0 Å². The number of aliphatic hydroxyl groups excluding tert-OH is 3. The van der Waals surface area contributed by atoms with Crippen LogP contribution < -0.4 is 4.74 Å². The number of hydrogen-bond donors (Lipinski definition) is 4. The zero-order valence-electron chi connectivity index (χ0n) is 13.3. The van der Waals surface area contributed by atoms with E-state index in [0.717, 1.165) is 0 Å². The zero-order chi connectivity index (χ0) is 19.8. The van der Waals surface area contributed by atoms with Crippen molar-refractivity contribution in [3.05, 3.63) is 36.0 Å². The highest BCUT2D eigenvalue weighted by Gasteiger charge is 2.50. The maximum absolute atomic E-state index is 11.3. The second kappa shape index (κ2) is 7.59. The van der Waals surface area contributed by atoms with E-state index in [4.69, 9.17) is 25.6 Å². The van der Waals surface area contributed by atoms with Gasteiger partial charge in [-0.3, -0.25) is 4.55 Å². The molecule has 3 heterocycles. The van der Waals surface area contributed by atoms with Crippen molar-refractivity contribution in [3.8, 4) is 17.0 Å². The van der Waals surface area contributed by atoms with Crippen molar-refractivity contribution in [2.45, 2.75) is 30.0 Å². The average Bonchev–Trinajstić information content (AvgIpc) is 2.63. The Morgan fingerprint density at radius 1 is 1.07 bits per heavy atom. The van der Waals surface area contributed by atoms with Crippen LogP contribution in [0, 0.1) is 0 Å². The van der Waals surface area contributed by atoms with Gasteiger partial charge in [0.15, 0.2) is 10.9 Å². The van der Waals surface area contributed by atoms with E-state index in [1.165, 1.54) is 30.9 Å². The lowest BCUT2D eigenvalue weighted by atomic mass is 10.1. The summed E-state index contributed by atoms with van der Waals surface area (Å²) >= 11 is 6.04. The third-order valence-electron chi connectivity index (χ3n) is 3.73. The van der Waals surface area contributed by atoms with Crippen LogP contribution in [-0.4, -0.2) is 73.3 Å². The molecule has 2 aromatic heterocycles. The Bertz CT molecular complexity index is 916. The summed E-state index contributed by atoms with van der Waals surface area (Å²) in [5.41, 5.74) is -1.22. The molecule has 4 N–H and O–H groups in total. The van der Waals surface area contributed by atoms with Crippen LogP contribution in [-0.2, 0) is 14.9 Å². The van der Waals surface area contributed by atoms with Crippen molar-refractivity contribution in [2.75, 3.05) is 0 Å². The van der Waals surface area contributed by atoms with E-state index in [1.807, 2.05) is 0 Å². The van der Waals surface area contributed by atoms with E-state index in [2.05, 4.69) is 15.0 Å². The molecule has 0 saturated carbocycles. The molecule has 0 radical (unpaired) electrons. The number of nitrogens with zero attached hydrogens (tertiary/aromatic N) is 3. The summed E-state index contributed by atoms with van der Waals surface area (Å²) in [4.78, 5) is 11.8. The highest BCUT2D eigenvalue weighted by atomic mass is 35.5. The van der Waals surface area contributed by atoms with Gasteiger partial charge >= 0.3 is 0 Å². The lowest BCUT2D eigenvalue weighted by molar-refractivity contribution is -0.254. The monoisotopic (exact) mass is 419 g/mol. The predicted octanol–water partition coefficient (Wildman–Crippen LogP) is -0.776. The van der Waals surface area contributed by atoms with Gasteiger partial charge in [-0.25, -0.2) is 15.0 Å². The Labute approximate surface area is 158 Å². The van der Waals surface area contributed by atoms with Crippen LogP contribution in [0.15, 0.2) is 30.9 Å². The molecule has 3 rings (SSSR count). The smallest absolute Gasteiger partial charge is 0.295 e. The van der Waals surface area contributed by atoms with Crippen molar-refractivity contribution in [1.29, 1.82) is 0 Å². The van der Waals surface area contributed by atoms with Crippen molar-refractivity contribution in [1.82, 2.24) is 15.0 Å². The van der Waals surface area contributed by atoms with E-state index < -0.39 is 40.2 Å². The van der Waals surface area contributed by atoms with E-state index in [9.17, 15) is 23.7 Å². The van der Waals surface area contributed by atoms with Gasteiger partial charge in [-0.15, -0.1) is 0 Å². The third kappa shape index (κ3) is 4.16. The van der Waals surface area contributed by atoms with Gasteiger partial charge in [0, 0.05) is 18.0 Å². The fourth-order valence-electron chi connectivity index (χ4n) is 2.39. The molecule has 1 fully saturated rings. The third-order valence-corrected chi connectivity index (χ3v) is 4.98. The molecule has 0 spiro atoms. The highest BCUT2D eigenvalue weighted by Crippen LogP contribution is 2.31. The van der Waals surface area contributed by atoms with E-state index in [0.29, 0.717) is 11.3 Å². The summed E-state index contributed by atoms with van der Waals surface area (Å²) in [7, 11) is -4.90. The second-order valence-corrected chi connectivity index (χ2v) is 7.44. The fraction of sp³-hybridized carbons (Fsp3) is 0.357. The molecule has 146 valence electrons. The Kier molecular flexibility index (Phi) is 5.58. The van der Waals surface area contributed by atoms with Gasteiger partial charge in [-0.05, 0) is 12.1 Å². The van der Waals surface area contributed by atoms with Crippen LogP contribution in [0.3, 0.4) is 0 Å². The lowest BCUT2D eigenvalue weighted by Gasteiger charge is -2.38. The molecule has 1 aliphatic heterocycles. The van der Waals surface area contributed by atoms with E-state index >= 15 is 0 Å². The van der Waals surface area contributed by atoms with E-state index in [1.54, 1.807) is 0 Å². The average molecular weight is 420 g/mol. The second-order valence-electron chi connectivity index (χ2n) is 5.59. The van der Waals surface area contributed by atoms with E-state index in [-0.39, 0.29) is 10.9 Å². The SMILES string of the molecule is O=S(=O)(O)C1O[C@@H](Oc2ccc(-c3cncnc3)nc2Cl)[C@H](O)[C@@H](O)[C@@H]1O. The molecule has 5 atom stereocenters. The molecule has 2 aromatic rings. The Balaban J connectivity index is 1.83. The van der Waals surface area contributed by atoms with Crippen molar-refractivity contribution in [2.24, 2.45) is 0 Å². The van der Waals surface area contributed by atoms with Gasteiger partial charge in [0.05, 0.1) is 5.69 Å². The first-order chi connectivity index (χ1) is 12.7. The summed E-state index contributed by atoms with van der Waals surface area (Å²) in [6.07, 6.45) is -3.25. The molecule has 0 amide bonds. The molecule has 1 aliphatic rings. The molecule has 0 bridgehead atoms. The standard InChI is InChI=1S/C14H14ClN3O8S/c15-12-8(2-1-7(18-12)6-3-16-5-17-4-6)25-13-10(20)9(19)11(21)14(26-13)27(22,23)24/h1-5,9-11,13-14,19-21H,(H,22,23,24)/t9-,10-,11+,13-,14?/m1/s1. The minimum absolute atomic E-state index is 0.0982. The highest BCUT2D eigenvalue weighted by molar-refractivity contribution is 7.86. The van der Waals surface area contributed by atoms with Gasteiger partial charge in [-0.2, -0.15) is 8.42 Å². The quantitative estimate of drug-likeness (QED) is 0.361. The molecule has 0 aliphatic carbocycles. The summed E-state index contributed by atoms with van der Waals surface area (Å²) in [6, 6.07) is 2.87. The van der Waals surface area contributed by atoms with Gasteiger partial charge in [-0.1, -0.05) is 11.6 Å². The largest absolute Gasteiger partial charge is 0.459 e. The molecule has 27 heavy (non-hydrogen) atoms. The van der Waals surface area contributed by atoms with Gasteiger partial charge in [0.25, 0.3) is 10.1 Å². The van der Waals surface area contributed by atoms with Gasteiger partial charge in [0.1, 0.15) is 24.6 Å². The molecular formula is C14H14ClN3O8S. The first-order valence-electron chi connectivity index (χ1n) is 7.43. The summed E-state index contributed by atoms with van der Waals surface area (Å²) in [5.74, 6) is -0.0982. The lowest BCUT2D eigenvalue weighted by Crippen LogP contribution is -2.61. The molecule has 0 aromatic carbocycles. The van der Waals surface area contributed by atoms with Crippen molar-refractivity contribution in [3.63, 3.8) is 0 Å². The zero-order valence-corrected chi connectivity index (χ0v) is 14.9. The Morgan fingerprint density at radius 3 is 2.33 bits per heavy atom. The van der Waals surface area contributed by atoms with Gasteiger partial charge in [0.2, 0.25) is 11.7 Å². The van der Waals surface area contributed by atoms with Crippen LogP contribution in [0.25, 0.3) is 11.3 Å². The number of aliphatic hydroxyl groups is 3. The Hall–Kier alpha value is -1.93. The number of halogens is 1. The summed E-state index contributed by atoms with van der Waals surface area (Å²) in [6.45, 7) is 0. The van der Waals surface area contributed by atoms with Crippen LogP contribution in [0.5, 0.6) is 5.75 Å². The number of pyridine rings is 1. The van der Waals surface area contributed by atoms with Crippen molar-refractivity contribution >= 4 is 21.7 Å².